The summed E-state index contributed by atoms with van der Waals surface area (Å²) in [6.45, 7) is 3.11. The number of β-amino-alcohol motifs (C(OH)–C–C–N with tert-alkyl or cyclic N) is 1. The van der Waals surface area contributed by atoms with Crippen LogP contribution in [0.5, 0.6) is 0 Å². The van der Waals surface area contributed by atoms with Crippen LogP contribution in [0, 0.1) is 18.7 Å². The van der Waals surface area contributed by atoms with Crippen molar-refractivity contribution in [3.05, 3.63) is 35.1 Å². The van der Waals surface area contributed by atoms with Crippen LogP contribution >= 0.6 is 0 Å². The van der Waals surface area contributed by atoms with Crippen LogP contribution in [0.15, 0.2) is 18.2 Å². The zero-order chi connectivity index (χ0) is 16.5. The first-order valence-corrected chi connectivity index (χ1v) is 8.85. The maximum atomic E-state index is 13.6. The fraction of sp³-hybridized carbons (Fsp3) is 0.600. The van der Waals surface area contributed by atoms with E-state index in [1.165, 1.54) is 24.5 Å². The molecule has 0 aliphatic carbocycles. The molecule has 2 atom stereocenters. The van der Waals surface area contributed by atoms with Gasteiger partial charge in [-0.1, -0.05) is 12.1 Å². The molecule has 0 spiro atoms. The minimum atomic E-state index is -3.34. The molecule has 2 rings (SSSR count). The van der Waals surface area contributed by atoms with Crippen molar-refractivity contribution in [1.29, 1.82) is 0 Å². The first-order valence-electron chi connectivity index (χ1n) is 7.24. The summed E-state index contributed by atoms with van der Waals surface area (Å²) in [5.74, 6) is -0.633. The maximum Gasteiger partial charge on any atom is 0.214 e. The number of rotatable bonds is 5. The van der Waals surface area contributed by atoms with E-state index in [4.69, 9.17) is 0 Å². The minimum absolute atomic E-state index is 0.0695. The van der Waals surface area contributed by atoms with Crippen molar-refractivity contribution in [3.8, 4) is 0 Å². The molecule has 1 aliphatic rings. The van der Waals surface area contributed by atoms with Gasteiger partial charge in [-0.15, -0.1) is 0 Å². The Labute approximate surface area is 131 Å². The van der Waals surface area contributed by atoms with Gasteiger partial charge in [-0.3, -0.25) is 4.90 Å². The van der Waals surface area contributed by atoms with Crippen LogP contribution in [0.1, 0.15) is 11.1 Å². The van der Waals surface area contributed by atoms with Gasteiger partial charge in [0.15, 0.2) is 0 Å². The van der Waals surface area contributed by atoms with Gasteiger partial charge < -0.3 is 5.11 Å². The van der Waals surface area contributed by atoms with Crippen LogP contribution in [0.3, 0.4) is 0 Å². The number of benzene rings is 1. The van der Waals surface area contributed by atoms with Crippen molar-refractivity contribution in [1.82, 2.24) is 9.21 Å². The highest BCUT2D eigenvalue weighted by molar-refractivity contribution is 7.89. The third-order valence-electron chi connectivity index (χ3n) is 4.11. The number of hydrogen-bond acceptors (Lipinski definition) is 4. The molecule has 1 aromatic carbocycles. The molecule has 0 saturated carbocycles. The number of aryl methyl sites for hydroxylation is 1. The van der Waals surface area contributed by atoms with E-state index in [1.54, 1.807) is 13.0 Å². The lowest BCUT2D eigenvalue weighted by Gasteiger charge is -2.18. The maximum absolute atomic E-state index is 13.6. The Balaban J connectivity index is 2.00. The van der Waals surface area contributed by atoms with E-state index in [0.717, 1.165) is 5.56 Å². The molecule has 0 amide bonds. The molecular formula is C15H23FN2O3S. The van der Waals surface area contributed by atoms with Gasteiger partial charge in [0.2, 0.25) is 10.0 Å². The second kappa shape index (κ2) is 6.62. The summed E-state index contributed by atoms with van der Waals surface area (Å²) >= 11 is 0. The van der Waals surface area contributed by atoms with E-state index in [1.807, 2.05) is 11.0 Å². The summed E-state index contributed by atoms with van der Waals surface area (Å²) in [4.78, 5) is 1.96. The zero-order valence-electron chi connectivity index (χ0n) is 13.2. The van der Waals surface area contributed by atoms with E-state index in [9.17, 15) is 17.9 Å². The lowest BCUT2D eigenvalue weighted by molar-refractivity contribution is 0.148. The van der Waals surface area contributed by atoms with Crippen molar-refractivity contribution < 1.29 is 17.9 Å². The normalized spacial score (nSPS) is 23.4. The van der Waals surface area contributed by atoms with Gasteiger partial charge in [0.1, 0.15) is 5.82 Å². The standard InChI is InChI=1S/C15H23FN2O3S/c1-11-4-5-12(6-14(11)16)7-18-8-13(15(19)9-18)10-22(20,21)17(2)3/h4-6,13,15,19H,7-10H2,1-3H3/t13-,15+/m0/s1. The average Bonchev–Trinajstić information content (AvgIpc) is 2.73. The van der Waals surface area contributed by atoms with Gasteiger partial charge in [0.25, 0.3) is 0 Å². The second-order valence-electron chi connectivity index (χ2n) is 6.17. The van der Waals surface area contributed by atoms with Gasteiger partial charge in [0, 0.05) is 39.6 Å². The Hall–Kier alpha value is -1.02. The number of aliphatic hydroxyl groups excluding tert-OH is 1. The van der Waals surface area contributed by atoms with Crippen molar-refractivity contribution >= 4 is 10.0 Å². The lowest BCUT2D eigenvalue weighted by Crippen LogP contribution is -2.33. The summed E-state index contributed by atoms with van der Waals surface area (Å²) in [7, 11) is -0.357. The predicted octanol–water partition coefficient (Wildman–Crippen LogP) is 0.818. The van der Waals surface area contributed by atoms with Crippen molar-refractivity contribution in [2.75, 3.05) is 32.9 Å². The van der Waals surface area contributed by atoms with Crippen molar-refractivity contribution in [3.63, 3.8) is 0 Å². The first-order chi connectivity index (χ1) is 10.2. The lowest BCUT2D eigenvalue weighted by atomic mass is 10.1. The highest BCUT2D eigenvalue weighted by Crippen LogP contribution is 2.22. The number of likely N-dealkylation sites (tertiary alicyclic amines) is 1. The molecule has 1 N–H and O–H groups in total. The largest absolute Gasteiger partial charge is 0.391 e. The summed E-state index contributed by atoms with van der Waals surface area (Å²) in [6, 6.07) is 5.07. The predicted molar refractivity (Wildman–Crippen MR) is 83.4 cm³/mol. The third kappa shape index (κ3) is 4.04. The van der Waals surface area contributed by atoms with Crippen LogP contribution in [-0.4, -0.2) is 61.8 Å². The SMILES string of the molecule is Cc1ccc(CN2C[C@@H](CS(=O)(=O)N(C)C)[C@H](O)C2)cc1F. The molecule has 1 aliphatic heterocycles. The van der Waals surface area contributed by atoms with Crippen LogP contribution in [-0.2, 0) is 16.6 Å². The molecule has 0 bridgehead atoms. The van der Waals surface area contributed by atoms with E-state index < -0.39 is 16.1 Å². The number of hydrogen-bond donors (Lipinski definition) is 1. The van der Waals surface area contributed by atoms with Crippen LogP contribution in [0.2, 0.25) is 0 Å². The molecular weight excluding hydrogens is 307 g/mol. The second-order valence-corrected chi connectivity index (χ2v) is 8.39. The van der Waals surface area contributed by atoms with Gasteiger partial charge >= 0.3 is 0 Å². The molecule has 0 radical (unpaired) electrons. The topological polar surface area (TPSA) is 60.9 Å². The van der Waals surface area contributed by atoms with E-state index in [0.29, 0.717) is 25.2 Å². The monoisotopic (exact) mass is 330 g/mol. The number of sulfonamides is 1. The molecule has 0 unspecified atom stereocenters. The van der Waals surface area contributed by atoms with Gasteiger partial charge in [-0.05, 0) is 24.1 Å². The quantitative estimate of drug-likeness (QED) is 0.868. The Morgan fingerprint density at radius 2 is 2.05 bits per heavy atom. The Morgan fingerprint density at radius 1 is 1.36 bits per heavy atom. The van der Waals surface area contributed by atoms with E-state index in [2.05, 4.69) is 0 Å². The van der Waals surface area contributed by atoms with Gasteiger partial charge in [0.05, 0.1) is 11.9 Å². The highest BCUT2D eigenvalue weighted by atomic mass is 32.2. The Morgan fingerprint density at radius 3 is 2.64 bits per heavy atom. The number of aliphatic hydroxyl groups is 1. The summed E-state index contributed by atoms with van der Waals surface area (Å²) < 4.78 is 38.6. The summed E-state index contributed by atoms with van der Waals surface area (Å²) in [6.07, 6.45) is -0.676. The summed E-state index contributed by atoms with van der Waals surface area (Å²) in [5, 5.41) is 10.1. The first kappa shape index (κ1) is 17.3. The van der Waals surface area contributed by atoms with Gasteiger partial charge in [-0.25, -0.2) is 17.1 Å². The third-order valence-corrected chi connectivity index (χ3v) is 6.07. The van der Waals surface area contributed by atoms with Crippen molar-refractivity contribution in [2.45, 2.75) is 19.6 Å². The molecule has 0 aromatic heterocycles. The highest BCUT2D eigenvalue weighted by Gasteiger charge is 2.35. The molecule has 22 heavy (non-hydrogen) atoms. The zero-order valence-corrected chi connectivity index (χ0v) is 14.0. The van der Waals surface area contributed by atoms with E-state index in [-0.39, 0.29) is 17.5 Å². The molecule has 1 aromatic rings. The van der Waals surface area contributed by atoms with Crippen molar-refractivity contribution in [2.24, 2.45) is 5.92 Å². The minimum Gasteiger partial charge on any atom is -0.391 e. The van der Waals surface area contributed by atoms with Crippen LogP contribution in [0.4, 0.5) is 4.39 Å². The van der Waals surface area contributed by atoms with E-state index >= 15 is 0 Å². The smallest absolute Gasteiger partial charge is 0.214 e. The Kier molecular flexibility index (Phi) is 5.21. The summed E-state index contributed by atoms with van der Waals surface area (Å²) in [5.41, 5.74) is 1.42. The molecule has 1 saturated heterocycles. The fourth-order valence-corrected chi connectivity index (χ4v) is 3.81. The van der Waals surface area contributed by atoms with Gasteiger partial charge in [-0.2, -0.15) is 0 Å². The average molecular weight is 330 g/mol. The number of halogens is 1. The molecule has 1 fully saturated rings. The van der Waals surface area contributed by atoms with Crippen LogP contribution in [0.25, 0.3) is 0 Å². The fourth-order valence-electron chi connectivity index (χ4n) is 2.65. The molecule has 1 heterocycles. The van der Waals surface area contributed by atoms with Crippen LogP contribution < -0.4 is 0 Å². The number of nitrogens with zero attached hydrogens (tertiary/aromatic N) is 2. The Bertz CT molecular complexity index is 634. The molecule has 7 heteroatoms. The molecule has 5 nitrogen and oxygen atoms in total. The molecule has 124 valence electrons.